The lowest BCUT2D eigenvalue weighted by atomic mass is 9.95. The van der Waals surface area contributed by atoms with Crippen molar-refractivity contribution < 1.29 is 14.7 Å². The van der Waals surface area contributed by atoms with Crippen LogP contribution in [0.25, 0.3) is 22.4 Å². The Labute approximate surface area is 167 Å². The SMILES string of the molecule is Cc1nc(C)c(-c2ccc(-c3ccc(CC(=O)O)cc3)c(C#N)c2)nc1C(N)=O. The highest BCUT2D eigenvalue weighted by atomic mass is 16.4. The molecule has 0 atom stereocenters. The molecule has 2 aromatic carbocycles. The summed E-state index contributed by atoms with van der Waals surface area (Å²) in [5.41, 5.74) is 10.3. The van der Waals surface area contributed by atoms with Crippen molar-refractivity contribution in [3.8, 4) is 28.5 Å². The van der Waals surface area contributed by atoms with Gasteiger partial charge in [0, 0.05) is 5.56 Å². The molecule has 0 bridgehead atoms. The summed E-state index contributed by atoms with van der Waals surface area (Å²) in [5, 5.41) is 18.5. The number of hydrogen-bond acceptors (Lipinski definition) is 5. The molecule has 0 aliphatic carbocycles. The molecule has 1 aromatic heterocycles. The molecule has 0 saturated heterocycles. The van der Waals surface area contributed by atoms with Crippen molar-refractivity contribution in [3.05, 3.63) is 70.7 Å². The zero-order valence-electron chi connectivity index (χ0n) is 15.9. The molecule has 29 heavy (non-hydrogen) atoms. The molecule has 3 N–H and O–H groups in total. The monoisotopic (exact) mass is 386 g/mol. The Kier molecular flexibility index (Phi) is 5.37. The minimum absolute atomic E-state index is 0.0576. The fourth-order valence-corrected chi connectivity index (χ4v) is 3.15. The quantitative estimate of drug-likeness (QED) is 0.693. The molecule has 0 radical (unpaired) electrons. The van der Waals surface area contributed by atoms with E-state index in [1.807, 2.05) is 0 Å². The first-order valence-electron chi connectivity index (χ1n) is 8.81. The molecular weight excluding hydrogens is 368 g/mol. The van der Waals surface area contributed by atoms with E-state index in [2.05, 4.69) is 16.0 Å². The number of nitrogens with two attached hydrogens (primary N) is 1. The molecule has 3 rings (SSSR count). The van der Waals surface area contributed by atoms with Crippen LogP contribution in [-0.2, 0) is 11.2 Å². The Morgan fingerprint density at radius 3 is 2.28 bits per heavy atom. The Morgan fingerprint density at radius 1 is 1.03 bits per heavy atom. The van der Waals surface area contributed by atoms with Crippen molar-refractivity contribution in [1.29, 1.82) is 5.26 Å². The number of aryl methyl sites for hydroxylation is 2. The predicted molar refractivity (Wildman–Crippen MR) is 107 cm³/mol. The van der Waals surface area contributed by atoms with Crippen LogP contribution in [0.2, 0.25) is 0 Å². The van der Waals surface area contributed by atoms with Crippen LogP contribution >= 0.6 is 0 Å². The van der Waals surface area contributed by atoms with Crippen molar-refractivity contribution >= 4 is 11.9 Å². The summed E-state index contributed by atoms with van der Waals surface area (Å²) < 4.78 is 0. The van der Waals surface area contributed by atoms with Crippen molar-refractivity contribution in [2.45, 2.75) is 20.3 Å². The summed E-state index contributed by atoms with van der Waals surface area (Å²) in [4.78, 5) is 31.1. The first-order valence-corrected chi connectivity index (χ1v) is 8.81. The number of carbonyl (C=O) groups is 2. The number of aliphatic carboxylic acids is 1. The van der Waals surface area contributed by atoms with Gasteiger partial charge >= 0.3 is 5.97 Å². The molecule has 1 heterocycles. The van der Waals surface area contributed by atoms with Crippen molar-refractivity contribution in [3.63, 3.8) is 0 Å². The first kappa shape index (κ1) is 19.7. The third-order valence-electron chi connectivity index (χ3n) is 4.51. The number of hydrogen-bond donors (Lipinski definition) is 2. The third kappa shape index (κ3) is 4.12. The third-order valence-corrected chi connectivity index (χ3v) is 4.51. The number of benzene rings is 2. The number of primary amides is 1. The predicted octanol–water partition coefficient (Wildman–Crippen LogP) is 3.03. The lowest BCUT2D eigenvalue weighted by molar-refractivity contribution is -0.136. The van der Waals surface area contributed by atoms with Gasteiger partial charge in [0.25, 0.3) is 5.91 Å². The van der Waals surface area contributed by atoms with E-state index in [1.54, 1.807) is 56.3 Å². The van der Waals surface area contributed by atoms with Crippen molar-refractivity contribution in [2.24, 2.45) is 5.73 Å². The normalized spacial score (nSPS) is 10.4. The highest BCUT2D eigenvalue weighted by Crippen LogP contribution is 2.29. The second-order valence-corrected chi connectivity index (χ2v) is 6.60. The Balaban J connectivity index is 2.04. The summed E-state index contributed by atoms with van der Waals surface area (Å²) in [7, 11) is 0. The van der Waals surface area contributed by atoms with E-state index in [1.165, 1.54) is 0 Å². The van der Waals surface area contributed by atoms with E-state index in [9.17, 15) is 14.9 Å². The number of carboxylic acids is 1. The molecule has 7 nitrogen and oxygen atoms in total. The maximum absolute atomic E-state index is 11.6. The van der Waals surface area contributed by atoms with Crippen LogP contribution in [-0.4, -0.2) is 27.0 Å². The van der Waals surface area contributed by atoms with Gasteiger partial charge in [-0.15, -0.1) is 0 Å². The summed E-state index contributed by atoms with van der Waals surface area (Å²) in [6.45, 7) is 3.45. The second kappa shape index (κ2) is 7.90. The summed E-state index contributed by atoms with van der Waals surface area (Å²) >= 11 is 0. The fraction of sp³-hybridized carbons (Fsp3) is 0.136. The lowest BCUT2D eigenvalue weighted by Crippen LogP contribution is -2.17. The van der Waals surface area contributed by atoms with E-state index in [0.29, 0.717) is 39.3 Å². The van der Waals surface area contributed by atoms with E-state index < -0.39 is 11.9 Å². The summed E-state index contributed by atoms with van der Waals surface area (Å²) in [6, 6.07) is 14.5. The molecule has 3 aromatic rings. The van der Waals surface area contributed by atoms with E-state index in [-0.39, 0.29) is 12.1 Å². The van der Waals surface area contributed by atoms with Crippen LogP contribution in [0.3, 0.4) is 0 Å². The topological polar surface area (TPSA) is 130 Å². The number of aromatic nitrogens is 2. The molecule has 7 heteroatoms. The van der Waals surface area contributed by atoms with Gasteiger partial charge in [0.2, 0.25) is 0 Å². The molecule has 0 unspecified atom stereocenters. The number of carbonyl (C=O) groups excluding carboxylic acids is 1. The molecule has 0 spiro atoms. The standard InChI is InChI=1S/C22H18N4O3/c1-12-20(26-21(22(24)29)13(2)25-12)16-7-8-18(17(10-16)11-23)15-5-3-14(4-6-15)9-19(27)28/h3-8,10H,9H2,1-2H3,(H2,24,29)(H,27,28). The van der Waals surface area contributed by atoms with Gasteiger partial charge in [0.1, 0.15) is 5.69 Å². The highest BCUT2D eigenvalue weighted by molar-refractivity contribution is 5.92. The Morgan fingerprint density at radius 2 is 1.69 bits per heavy atom. The minimum Gasteiger partial charge on any atom is -0.481 e. The lowest BCUT2D eigenvalue weighted by Gasteiger charge is -2.11. The largest absolute Gasteiger partial charge is 0.481 e. The van der Waals surface area contributed by atoms with Gasteiger partial charge in [-0.05, 0) is 36.6 Å². The number of rotatable bonds is 5. The Bertz CT molecular complexity index is 1160. The molecule has 0 fully saturated rings. The maximum Gasteiger partial charge on any atom is 0.307 e. The van der Waals surface area contributed by atoms with Crippen LogP contribution < -0.4 is 5.73 Å². The van der Waals surface area contributed by atoms with Gasteiger partial charge in [-0.1, -0.05) is 36.4 Å². The van der Waals surface area contributed by atoms with Crippen molar-refractivity contribution in [1.82, 2.24) is 9.97 Å². The van der Waals surface area contributed by atoms with Crippen molar-refractivity contribution in [2.75, 3.05) is 0 Å². The Hall–Kier alpha value is -4.05. The van der Waals surface area contributed by atoms with Crippen LogP contribution in [0, 0.1) is 25.2 Å². The molecule has 144 valence electrons. The minimum atomic E-state index is -0.898. The zero-order chi connectivity index (χ0) is 21.1. The van der Waals surface area contributed by atoms with Gasteiger partial charge in [-0.3, -0.25) is 14.6 Å². The van der Waals surface area contributed by atoms with Gasteiger partial charge in [0.15, 0.2) is 0 Å². The maximum atomic E-state index is 11.6. The van der Waals surface area contributed by atoms with Gasteiger partial charge in [-0.25, -0.2) is 4.98 Å². The molecule has 1 amide bonds. The van der Waals surface area contributed by atoms with Crippen LogP contribution in [0.15, 0.2) is 42.5 Å². The zero-order valence-corrected chi connectivity index (χ0v) is 15.9. The van der Waals surface area contributed by atoms with E-state index >= 15 is 0 Å². The number of nitriles is 1. The molecular formula is C22H18N4O3. The smallest absolute Gasteiger partial charge is 0.307 e. The molecule has 0 aliphatic rings. The van der Waals surface area contributed by atoms with Crippen LogP contribution in [0.4, 0.5) is 0 Å². The van der Waals surface area contributed by atoms with Gasteiger partial charge < -0.3 is 10.8 Å². The van der Waals surface area contributed by atoms with E-state index in [0.717, 1.165) is 5.56 Å². The fourth-order valence-electron chi connectivity index (χ4n) is 3.15. The number of amides is 1. The second-order valence-electron chi connectivity index (χ2n) is 6.60. The van der Waals surface area contributed by atoms with Crippen LogP contribution in [0.5, 0.6) is 0 Å². The van der Waals surface area contributed by atoms with Crippen LogP contribution in [0.1, 0.15) is 33.0 Å². The first-order chi connectivity index (χ1) is 13.8. The average Bonchev–Trinajstić information content (AvgIpc) is 2.67. The average molecular weight is 386 g/mol. The van der Waals surface area contributed by atoms with Gasteiger partial charge in [-0.2, -0.15) is 5.26 Å². The summed E-state index contributed by atoms with van der Waals surface area (Å²) in [5.74, 6) is -1.56. The molecule has 0 aliphatic heterocycles. The highest BCUT2D eigenvalue weighted by Gasteiger charge is 2.15. The van der Waals surface area contributed by atoms with E-state index in [4.69, 9.17) is 10.8 Å². The number of carboxylic acid groups (broad SMARTS) is 1. The number of nitrogens with zero attached hydrogens (tertiary/aromatic N) is 3. The van der Waals surface area contributed by atoms with Gasteiger partial charge in [0.05, 0.1) is 35.1 Å². The molecule has 0 saturated carbocycles. The summed E-state index contributed by atoms with van der Waals surface area (Å²) in [6.07, 6.45) is -0.0576.